The molecule has 0 bridgehead atoms. The molecule has 0 spiro atoms. The van der Waals surface area contributed by atoms with Gasteiger partial charge in [0.05, 0.1) is 19.6 Å². The Labute approximate surface area is 111 Å². The second-order valence-electron chi connectivity index (χ2n) is 4.00. The number of methoxy groups -OCH3 is 2. The Hall–Kier alpha value is -2.21. The van der Waals surface area contributed by atoms with E-state index in [1.165, 1.54) is 0 Å². The van der Waals surface area contributed by atoms with Crippen molar-refractivity contribution in [2.45, 2.75) is 0 Å². The number of benzene rings is 1. The van der Waals surface area contributed by atoms with E-state index >= 15 is 0 Å². The minimum absolute atomic E-state index is 0.514. The van der Waals surface area contributed by atoms with E-state index in [4.69, 9.17) is 20.9 Å². The van der Waals surface area contributed by atoms with E-state index in [1.807, 2.05) is 6.07 Å². The molecule has 102 valence electrons. The van der Waals surface area contributed by atoms with E-state index in [1.54, 1.807) is 26.5 Å². The minimum Gasteiger partial charge on any atom is -0.493 e. The third kappa shape index (κ3) is 2.34. The summed E-state index contributed by atoms with van der Waals surface area (Å²) in [6, 6.07) is 3.59. The summed E-state index contributed by atoms with van der Waals surface area (Å²) in [6.07, 6.45) is 1.70. The van der Waals surface area contributed by atoms with E-state index in [-0.39, 0.29) is 0 Å². The average molecular weight is 262 g/mol. The molecule has 1 aromatic carbocycles. The third-order valence-corrected chi connectivity index (χ3v) is 2.86. The molecule has 1 aromatic heterocycles. The fraction of sp³-hybridized carbons (Fsp3) is 0.308. The highest BCUT2D eigenvalue weighted by Crippen LogP contribution is 2.41. The van der Waals surface area contributed by atoms with Crippen LogP contribution >= 0.6 is 0 Å². The summed E-state index contributed by atoms with van der Waals surface area (Å²) < 4.78 is 10.7. The Morgan fingerprint density at radius 1 is 1.32 bits per heavy atom. The first kappa shape index (κ1) is 13.2. The average Bonchev–Trinajstić information content (AvgIpc) is 2.44. The lowest BCUT2D eigenvalue weighted by atomic mass is 10.1. The molecular formula is C13H18N4O2. The van der Waals surface area contributed by atoms with Crippen LogP contribution in [0.25, 0.3) is 10.8 Å². The first-order valence-corrected chi connectivity index (χ1v) is 5.96. The van der Waals surface area contributed by atoms with Crippen LogP contribution in [-0.2, 0) is 0 Å². The molecular weight excluding hydrogens is 244 g/mol. The molecule has 6 nitrogen and oxygen atoms in total. The zero-order valence-electron chi connectivity index (χ0n) is 11.1. The van der Waals surface area contributed by atoms with Crippen LogP contribution < -0.4 is 26.3 Å². The van der Waals surface area contributed by atoms with Crippen molar-refractivity contribution in [3.63, 3.8) is 0 Å². The first-order valence-electron chi connectivity index (χ1n) is 5.96. The summed E-state index contributed by atoms with van der Waals surface area (Å²) in [6.45, 7) is 1.13. The maximum atomic E-state index is 6.04. The highest BCUT2D eigenvalue weighted by Gasteiger charge is 2.16. The highest BCUT2D eigenvalue weighted by atomic mass is 16.5. The van der Waals surface area contributed by atoms with Gasteiger partial charge in [0, 0.05) is 36.4 Å². The van der Waals surface area contributed by atoms with Gasteiger partial charge in [-0.15, -0.1) is 0 Å². The molecule has 0 amide bonds. The lowest BCUT2D eigenvalue weighted by Crippen LogP contribution is -2.14. The standard InChI is InChI=1S/C13H18N4O2/c1-18-10-7-9(15)8-3-5-16-13(17-6-4-14)11(8)12(10)19-2/h3,5,7H,4,6,14-15H2,1-2H3,(H,16,17). The van der Waals surface area contributed by atoms with Gasteiger partial charge < -0.3 is 26.3 Å². The van der Waals surface area contributed by atoms with Crippen LogP contribution in [0.1, 0.15) is 0 Å². The van der Waals surface area contributed by atoms with Crippen LogP contribution in [-0.4, -0.2) is 32.3 Å². The Morgan fingerprint density at radius 2 is 2.11 bits per heavy atom. The van der Waals surface area contributed by atoms with Gasteiger partial charge in [0.15, 0.2) is 11.5 Å². The molecule has 1 heterocycles. The van der Waals surface area contributed by atoms with Gasteiger partial charge in [0.25, 0.3) is 0 Å². The monoisotopic (exact) mass is 262 g/mol. The van der Waals surface area contributed by atoms with E-state index in [2.05, 4.69) is 10.3 Å². The van der Waals surface area contributed by atoms with Crippen molar-refractivity contribution >= 4 is 22.3 Å². The molecule has 0 fully saturated rings. The molecule has 19 heavy (non-hydrogen) atoms. The molecule has 0 radical (unpaired) electrons. The van der Waals surface area contributed by atoms with Gasteiger partial charge in [0.1, 0.15) is 5.82 Å². The van der Waals surface area contributed by atoms with Crippen LogP contribution in [0.4, 0.5) is 11.5 Å². The second-order valence-corrected chi connectivity index (χ2v) is 4.00. The lowest BCUT2D eigenvalue weighted by Gasteiger charge is -2.15. The number of anilines is 2. The topological polar surface area (TPSA) is 95.4 Å². The van der Waals surface area contributed by atoms with E-state index in [9.17, 15) is 0 Å². The number of fused-ring (bicyclic) bond motifs is 1. The van der Waals surface area contributed by atoms with Gasteiger partial charge in [-0.3, -0.25) is 0 Å². The predicted octanol–water partition coefficient (Wildman–Crippen LogP) is 1.20. The molecule has 6 heteroatoms. The minimum atomic E-state index is 0.514. The summed E-state index contributed by atoms with van der Waals surface area (Å²) in [5.41, 5.74) is 12.2. The number of nitrogen functional groups attached to an aromatic ring is 1. The van der Waals surface area contributed by atoms with Gasteiger partial charge in [-0.05, 0) is 6.07 Å². The normalized spacial score (nSPS) is 10.5. The molecule has 0 atom stereocenters. The van der Waals surface area contributed by atoms with Crippen molar-refractivity contribution in [1.29, 1.82) is 0 Å². The number of aromatic nitrogens is 1. The van der Waals surface area contributed by atoms with Crippen molar-refractivity contribution in [3.05, 3.63) is 18.3 Å². The summed E-state index contributed by atoms with van der Waals surface area (Å²) >= 11 is 0. The number of pyridine rings is 1. The molecule has 0 aliphatic heterocycles. The molecule has 0 aliphatic carbocycles. The van der Waals surface area contributed by atoms with Gasteiger partial charge in [-0.2, -0.15) is 0 Å². The van der Waals surface area contributed by atoms with E-state index in [0.29, 0.717) is 36.1 Å². The Morgan fingerprint density at radius 3 is 2.74 bits per heavy atom. The molecule has 0 saturated heterocycles. The predicted molar refractivity (Wildman–Crippen MR) is 76.8 cm³/mol. The number of ether oxygens (including phenoxy) is 2. The van der Waals surface area contributed by atoms with Crippen LogP contribution in [0.15, 0.2) is 18.3 Å². The third-order valence-electron chi connectivity index (χ3n) is 2.86. The quantitative estimate of drug-likeness (QED) is 0.701. The molecule has 0 unspecified atom stereocenters. The number of rotatable bonds is 5. The Balaban J connectivity index is 2.72. The molecule has 0 saturated carbocycles. The van der Waals surface area contributed by atoms with Gasteiger partial charge >= 0.3 is 0 Å². The Kier molecular flexibility index (Phi) is 3.91. The number of hydrogen-bond acceptors (Lipinski definition) is 6. The lowest BCUT2D eigenvalue weighted by molar-refractivity contribution is 0.359. The summed E-state index contributed by atoms with van der Waals surface area (Å²) in [5.74, 6) is 1.88. The number of nitrogens with two attached hydrogens (primary N) is 2. The van der Waals surface area contributed by atoms with Crippen LogP contribution in [0.2, 0.25) is 0 Å². The molecule has 2 aromatic rings. The van der Waals surface area contributed by atoms with Crippen molar-refractivity contribution < 1.29 is 9.47 Å². The molecule has 2 rings (SSSR count). The van der Waals surface area contributed by atoms with Gasteiger partial charge in [-0.25, -0.2) is 4.98 Å². The van der Waals surface area contributed by atoms with Crippen LogP contribution in [0, 0.1) is 0 Å². The van der Waals surface area contributed by atoms with Crippen LogP contribution in [0.3, 0.4) is 0 Å². The van der Waals surface area contributed by atoms with Gasteiger partial charge in [-0.1, -0.05) is 0 Å². The van der Waals surface area contributed by atoms with E-state index < -0.39 is 0 Å². The largest absolute Gasteiger partial charge is 0.493 e. The van der Waals surface area contributed by atoms with Crippen molar-refractivity contribution in [3.8, 4) is 11.5 Å². The number of nitrogens with one attached hydrogen (secondary N) is 1. The zero-order chi connectivity index (χ0) is 13.8. The van der Waals surface area contributed by atoms with Crippen molar-refractivity contribution in [1.82, 2.24) is 4.98 Å². The van der Waals surface area contributed by atoms with Crippen molar-refractivity contribution in [2.75, 3.05) is 38.4 Å². The second kappa shape index (κ2) is 5.62. The SMILES string of the molecule is COc1cc(N)c2ccnc(NCCN)c2c1OC. The Bertz CT molecular complexity index is 586. The number of nitrogens with zero attached hydrogens (tertiary/aromatic N) is 1. The van der Waals surface area contributed by atoms with E-state index in [0.717, 1.165) is 10.8 Å². The van der Waals surface area contributed by atoms with Crippen LogP contribution in [0.5, 0.6) is 11.5 Å². The summed E-state index contributed by atoms with van der Waals surface area (Å²) in [5, 5.41) is 4.83. The highest BCUT2D eigenvalue weighted by molar-refractivity contribution is 6.05. The first-order chi connectivity index (χ1) is 9.22. The maximum absolute atomic E-state index is 6.04. The smallest absolute Gasteiger partial charge is 0.172 e. The maximum Gasteiger partial charge on any atom is 0.172 e. The molecule has 0 aliphatic rings. The fourth-order valence-corrected chi connectivity index (χ4v) is 2.02. The number of hydrogen-bond donors (Lipinski definition) is 3. The zero-order valence-corrected chi connectivity index (χ0v) is 11.1. The van der Waals surface area contributed by atoms with Crippen molar-refractivity contribution in [2.24, 2.45) is 5.73 Å². The van der Waals surface area contributed by atoms with Gasteiger partial charge in [0.2, 0.25) is 0 Å². The fourth-order valence-electron chi connectivity index (χ4n) is 2.02. The summed E-state index contributed by atoms with van der Waals surface area (Å²) in [7, 11) is 3.17. The summed E-state index contributed by atoms with van der Waals surface area (Å²) in [4.78, 5) is 4.31. The molecule has 5 N–H and O–H groups in total.